The molecule has 0 amide bonds. The van der Waals surface area contributed by atoms with E-state index in [4.69, 9.17) is 9.47 Å². The highest BCUT2D eigenvalue weighted by Crippen LogP contribution is 2.43. The number of hydrogen-bond acceptors (Lipinski definition) is 4. The molecule has 0 spiro atoms. The number of hydrogen-bond donors (Lipinski definition) is 1. The number of morpholine rings is 1. The number of aliphatic hydroxyl groups is 1. The summed E-state index contributed by atoms with van der Waals surface area (Å²) in [6, 6.07) is 15.0. The van der Waals surface area contributed by atoms with Crippen molar-refractivity contribution in [3.05, 3.63) is 65.5 Å². The van der Waals surface area contributed by atoms with Crippen molar-refractivity contribution in [3.63, 3.8) is 0 Å². The largest absolute Gasteiger partial charge is 0.497 e. The normalized spacial score (nSPS) is 28.7. The average Bonchev–Trinajstić information content (AvgIpc) is 2.64. The molecule has 4 rings (SSSR count). The first kappa shape index (κ1) is 17.5. The maximum Gasteiger partial charge on any atom is 0.129 e. The molecule has 2 unspecified atom stereocenters. The van der Waals surface area contributed by atoms with Crippen molar-refractivity contribution < 1.29 is 19.0 Å². The number of methoxy groups -OCH3 is 1. The van der Waals surface area contributed by atoms with E-state index in [2.05, 4.69) is 17.0 Å². The SMILES string of the molecule is COc1ccc(F)c(C2(O)CC3COCC(C2)N3Cc2ccccc2)c1. The third-order valence-electron chi connectivity index (χ3n) is 5.59. The molecule has 26 heavy (non-hydrogen) atoms. The summed E-state index contributed by atoms with van der Waals surface area (Å²) < 4.78 is 25.5. The van der Waals surface area contributed by atoms with Crippen LogP contribution in [0.4, 0.5) is 4.39 Å². The molecule has 2 aliphatic heterocycles. The topological polar surface area (TPSA) is 41.9 Å². The quantitative estimate of drug-likeness (QED) is 0.913. The highest BCUT2D eigenvalue weighted by Gasteiger charge is 2.48. The molecule has 5 heteroatoms. The van der Waals surface area contributed by atoms with Crippen LogP contribution < -0.4 is 4.74 Å². The van der Waals surface area contributed by atoms with Gasteiger partial charge >= 0.3 is 0 Å². The zero-order valence-corrected chi connectivity index (χ0v) is 14.9. The zero-order chi connectivity index (χ0) is 18.1. The number of piperidine rings is 1. The Bertz CT molecular complexity index is 753. The first-order chi connectivity index (χ1) is 12.6. The van der Waals surface area contributed by atoms with Gasteiger partial charge in [0.25, 0.3) is 0 Å². The minimum Gasteiger partial charge on any atom is -0.497 e. The second-order valence-corrected chi connectivity index (χ2v) is 7.29. The number of benzene rings is 2. The van der Waals surface area contributed by atoms with Crippen LogP contribution in [0.25, 0.3) is 0 Å². The number of halogens is 1. The van der Waals surface area contributed by atoms with Crippen LogP contribution in [0.2, 0.25) is 0 Å². The van der Waals surface area contributed by atoms with Crippen LogP contribution in [0.5, 0.6) is 5.75 Å². The summed E-state index contributed by atoms with van der Waals surface area (Å²) in [6.45, 7) is 1.92. The molecule has 2 aromatic carbocycles. The minimum absolute atomic E-state index is 0.0540. The highest BCUT2D eigenvalue weighted by molar-refractivity contribution is 5.35. The van der Waals surface area contributed by atoms with Gasteiger partial charge in [-0.1, -0.05) is 30.3 Å². The van der Waals surface area contributed by atoms with Crippen LogP contribution >= 0.6 is 0 Å². The number of ether oxygens (including phenoxy) is 2. The summed E-state index contributed by atoms with van der Waals surface area (Å²) in [6.07, 6.45) is 0.890. The van der Waals surface area contributed by atoms with Gasteiger partial charge in [-0.3, -0.25) is 4.90 Å². The molecule has 2 fully saturated rings. The standard InChI is InChI=1S/C21H24FNO3/c1-25-18-7-8-20(22)19(9-18)21(24)10-16-13-26-14-17(11-21)23(16)12-15-5-3-2-4-6-15/h2-9,16-17,24H,10-14H2,1H3. The Kier molecular flexibility index (Phi) is 4.69. The fourth-order valence-corrected chi connectivity index (χ4v) is 4.31. The van der Waals surface area contributed by atoms with E-state index in [1.54, 1.807) is 19.2 Å². The Labute approximate surface area is 153 Å². The first-order valence-corrected chi connectivity index (χ1v) is 9.03. The van der Waals surface area contributed by atoms with Crippen LogP contribution in [0, 0.1) is 5.82 Å². The third kappa shape index (κ3) is 3.22. The van der Waals surface area contributed by atoms with Crippen molar-refractivity contribution in [1.29, 1.82) is 0 Å². The Morgan fingerprint density at radius 2 is 1.85 bits per heavy atom. The van der Waals surface area contributed by atoms with Crippen molar-refractivity contribution in [2.45, 2.75) is 37.1 Å². The molecule has 0 saturated carbocycles. The summed E-state index contributed by atoms with van der Waals surface area (Å²) in [5, 5.41) is 11.4. The van der Waals surface area contributed by atoms with Crippen LogP contribution in [0.1, 0.15) is 24.0 Å². The molecule has 2 aliphatic rings. The molecular formula is C21H24FNO3. The van der Waals surface area contributed by atoms with Gasteiger partial charge < -0.3 is 14.6 Å². The zero-order valence-electron chi connectivity index (χ0n) is 14.9. The van der Waals surface area contributed by atoms with E-state index < -0.39 is 5.60 Å². The van der Waals surface area contributed by atoms with Gasteiger partial charge in [0.1, 0.15) is 11.6 Å². The van der Waals surface area contributed by atoms with E-state index in [9.17, 15) is 9.50 Å². The minimum atomic E-state index is -1.20. The van der Waals surface area contributed by atoms with E-state index in [1.807, 2.05) is 18.2 Å². The van der Waals surface area contributed by atoms with Gasteiger partial charge in [0.15, 0.2) is 0 Å². The lowest BCUT2D eigenvalue weighted by Gasteiger charge is -2.52. The molecule has 0 aliphatic carbocycles. The van der Waals surface area contributed by atoms with Gasteiger partial charge in [-0.05, 0) is 36.6 Å². The van der Waals surface area contributed by atoms with Crippen LogP contribution in [-0.4, -0.2) is 42.4 Å². The molecular weight excluding hydrogens is 333 g/mol. The van der Waals surface area contributed by atoms with Crippen molar-refractivity contribution in [1.82, 2.24) is 4.90 Å². The Morgan fingerprint density at radius 1 is 1.15 bits per heavy atom. The number of fused-ring (bicyclic) bond motifs is 2. The molecule has 4 nitrogen and oxygen atoms in total. The molecule has 138 valence electrons. The lowest BCUT2D eigenvalue weighted by Crippen LogP contribution is -2.60. The van der Waals surface area contributed by atoms with Gasteiger partial charge in [0, 0.05) is 24.2 Å². The Morgan fingerprint density at radius 3 is 2.50 bits per heavy atom. The lowest BCUT2D eigenvalue weighted by atomic mass is 9.76. The molecule has 0 radical (unpaired) electrons. The van der Waals surface area contributed by atoms with Gasteiger partial charge in [0.2, 0.25) is 0 Å². The molecule has 2 aromatic rings. The maximum absolute atomic E-state index is 14.5. The molecule has 0 aromatic heterocycles. The maximum atomic E-state index is 14.5. The van der Waals surface area contributed by atoms with E-state index >= 15 is 0 Å². The summed E-state index contributed by atoms with van der Waals surface area (Å²) in [7, 11) is 1.55. The predicted molar refractivity (Wildman–Crippen MR) is 96.5 cm³/mol. The van der Waals surface area contributed by atoms with Gasteiger partial charge in [-0.25, -0.2) is 4.39 Å². The fraction of sp³-hybridized carbons (Fsp3) is 0.429. The Hall–Kier alpha value is -1.95. The third-order valence-corrected chi connectivity index (χ3v) is 5.59. The summed E-state index contributed by atoms with van der Waals surface area (Å²) in [4.78, 5) is 2.39. The predicted octanol–water partition coefficient (Wildman–Crippen LogP) is 3.09. The van der Waals surface area contributed by atoms with Crippen LogP contribution in [0.3, 0.4) is 0 Å². The number of nitrogens with zero attached hydrogens (tertiary/aromatic N) is 1. The molecule has 2 saturated heterocycles. The monoisotopic (exact) mass is 357 g/mol. The molecule has 2 heterocycles. The van der Waals surface area contributed by atoms with Crippen LogP contribution in [-0.2, 0) is 16.9 Å². The van der Waals surface area contributed by atoms with E-state index in [0.29, 0.717) is 37.4 Å². The first-order valence-electron chi connectivity index (χ1n) is 9.03. The second kappa shape index (κ2) is 6.99. The summed E-state index contributed by atoms with van der Waals surface area (Å²) in [5.41, 5.74) is 0.362. The second-order valence-electron chi connectivity index (χ2n) is 7.29. The summed E-state index contributed by atoms with van der Waals surface area (Å²) >= 11 is 0. The number of rotatable bonds is 4. The Balaban J connectivity index is 1.61. The van der Waals surface area contributed by atoms with E-state index in [-0.39, 0.29) is 17.9 Å². The summed E-state index contributed by atoms with van der Waals surface area (Å²) in [5.74, 6) is 0.173. The van der Waals surface area contributed by atoms with Crippen molar-refractivity contribution in [3.8, 4) is 5.75 Å². The molecule has 2 atom stereocenters. The smallest absolute Gasteiger partial charge is 0.129 e. The van der Waals surface area contributed by atoms with Crippen molar-refractivity contribution in [2.75, 3.05) is 20.3 Å². The average molecular weight is 357 g/mol. The van der Waals surface area contributed by atoms with Crippen LogP contribution in [0.15, 0.2) is 48.5 Å². The van der Waals surface area contributed by atoms with Crippen molar-refractivity contribution >= 4 is 0 Å². The molecule has 2 bridgehead atoms. The van der Waals surface area contributed by atoms with Crippen molar-refractivity contribution in [2.24, 2.45) is 0 Å². The van der Waals surface area contributed by atoms with E-state index in [0.717, 1.165) is 6.54 Å². The van der Waals surface area contributed by atoms with Gasteiger partial charge in [-0.2, -0.15) is 0 Å². The van der Waals surface area contributed by atoms with Gasteiger partial charge in [-0.15, -0.1) is 0 Å². The fourth-order valence-electron chi connectivity index (χ4n) is 4.31. The highest BCUT2D eigenvalue weighted by atomic mass is 19.1. The lowest BCUT2D eigenvalue weighted by molar-refractivity contribution is -0.150. The van der Waals surface area contributed by atoms with E-state index in [1.165, 1.54) is 11.6 Å². The molecule has 1 N–H and O–H groups in total. The van der Waals surface area contributed by atoms with Gasteiger partial charge in [0.05, 0.1) is 25.9 Å².